The quantitative estimate of drug-likeness (QED) is 0.273. The minimum atomic E-state index is -1.09. The van der Waals surface area contributed by atoms with Gasteiger partial charge in [-0.05, 0) is 60.8 Å². The van der Waals surface area contributed by atoms with Crippen LogP contribution >= 0.6 is 11.5 Å². The molecule has 1 aromatic heterocycles. The lowest BCUT2D eigenvalue weighted by atomic mass is 10.0. The van der Waals surface area contributed by atoms with E-state index in [1.54, 1.807) is 36.4 Å². The third kappa shape index (κ3) is 6.24. The number of rotatable bonds is 10. The maximum absolute atomic E-state index is 14.1. The lowest BCUT2D eigenvalue weighted by Gasteiger charge is -2.31. The van der Waals surface area contributed by atoms with Crippen LogP contribution in [-0.2, 0) is 11.3 Å². The fourth-order valence-corrected chi connectivity index (χ4v) is 4.78. The van der Waals surface area contributed by atoms with E-state index in [1.165, 1.54) is 4.90 Å². The maximum Gasteiger partial charge on any atom is 0.273 e. The molecule has 4 aromatic rings. The minimum absolute atomic E-state index is 0.0103. The Hall–Kier alpha value is -4.70. The molecule has 0 spiro atoms. The summed E-state index contributed by atoms with van der Waals surface area (Å²) < 4.78 is 9.56. The molecule has 200 valence electrons. The van der Waals surface area contributed by atoms with E-state index in [-0.39, 0.29) is 22.8 Å². The second-order valence-corrected chi connectivity index (χ2v) is 9.53. The first-order valence-electron chi connectivity index (χ1n) is 12.3. The predicted molar refractivity (Wildman–Crippen MR) is 152 cm³/mol. The summed E-state index contributed by atoms with van der Waals surface area (Å²) in [5.41, 5.74) is 14.1. The van der Waals surface area contributed by atoms with Gasteiger partial charge in [-0.3, -0.25) is 19.3 Å². The highest BCUT2D eigenvalue weighted by molar-refractivity contribution is 7.09. The van der Waals surface area contributed by atoms with Crippen LogP contribution in [0.15, 0.2) is 78.9 Å². The summed E-state index contributed by atoms with van der Waals surface area (Å²) in [6.07, 6.45) is 0. The van der Waals surface area contributed by atoms with Crippen molar-refractivity contribution in [3.05, 3.63) is 106 Å². The second-order valence-electron chi connectivity index (χ2n) is 8.76. The van der Waals surface area contributed by atoms with Crippen molar-refractivity contribution in [1.29, 1.82) is 0 Å². The van der Waals surface area contributed by atoms with Gasteiger partial charge in [-0.25, -0.2) is 0 Å². The number of ether oxygens (including phenoxy) is 1. The summed E-state index contributed by atoms with van der Waals surface area (Å²) in [6, 6.07) is 22.6. The molecule has 9 nitrogen and oxygen atoms in total. The Bertz CT molecular complexity index is 1450. The number of nitrogens with one attached hydrogen (secondary N) is 1. The molecule has 5 N–H and O–H groups in total. The van der Waals surface area contributed by atoms with E-state index in [4.69, 9.17) is 16.2 Å². The molecule has 3 amide bonds. The molecule has 0 saturated carbocycles. The van der Waals surface area contributed by atoms with Crippen LogP contribution in [-0.4, -0.2) is 28.7 Å². The summed E-state index contributed by atoms with van der Waals surface area (Å²) >= 11 is 0.764. The van der Waals surface area contributed by atoms with Gasteiger partial charge in [-0.2, -0.15) is 4.37 Å². The average Bonchev–Trinajstić information content (AvgIpc) is 3.33. The largest absolute Gasteiger partial charge is 0.494 e. The Morgan fingerprint density at radius 1 is 1.00 bits per heavy atom. The lowest BCUT2D eigenvalue weighted by Crippen LogP contribution is -2.44. The van der Waals surface area contributed by atoms with Crippen molar-refractivity contribution in [1.82, 2.24) is 9.69 Å². The SMILES string of the molecule is CCOc1ccc(C(C(=O)NCc2ccccc2)N(C(=O)c2snc(C(N)=O)c2N)c2ccc(C)cc2)cc1. The van der Waals surface area contributed by atoms with Gasteiger partial charge < -0.3 is 21.5 Å². The summed E-state index contributed by atoms with van der Waals surface area (Å²) in [5, 5.41) is 2.96. The number of nitrogens with two attached hydrogens (primary N) is 2. The molecule has 0 aliphatic rings. The highest BCUT2D eigenvalue weighted by Crippen LogP contribution is 2.34. The van der Waals surface area contributed by atoms with Crippen LogP contribution in [0.2, 0.25) is 0 Å². The molecular formula is C29H29N5O4S. The van der Waals surface area contributed by atoms with E-state index in [9.17, 15) is 14.4 Å². The molecule has 1 atom stereocenters. The summed E-state index contributed by atoms with van der Waals surface area (Å²) in [4.78, 5) is 41.2. The van der Waals surface area contributed by atoms with Gasteiger partial charge in [0.1, 0.15) is 16.7 Å². The van der Waals surface area contributed by atoms with Crippen molar-refractivity contribution >= 4 is 40.6 Å². The van der Waals surface area contributed by atoms with E-state index in [1.807, 2.05) is 56.3 Å². The van der Waals surface area contributed by atoms with Gasteiger partial charge in [0.25, 0.3) is 11.8 Å². The van der Waals surface area contributed by atoms with Gasteiger partial charge >= 0.3 is 0 Å². The fraction of sp³-hybridized carbons (Fsp3) is 0.172. The number of amides is 3. The van der Waals surface area contributed by atoms with Crippen molar-refractivity contribution in [2.45, 2.75) is 26.4 Å². The molecule has 4 rings (SSSR count). The van der Waals surface area contributed by atoms with Crippen molar-refractivity contribution in [2.24, 2.45) is 5.73 Å². The highest BCUT2D eigenvalue weighted by Gasteiger charge is 2.36. The van der Waals surface area contributed by atoms with Crippen LogP contribution in [0.5, 0.6) is 5.75 Å². The van der Waals surface area contributed by atoms with Crippen molar-refractivity contribution in [3.8, 4) is 5.75 Å². The van der Waals surface area contributed by atoms with E-state index in [0.717, 1.165) is 22.7 Å². The number of nitrogen functional groups attached to an aromatic ring is 1. The summed E-state index contributed by atoms with van der Waals surface area (Å²) in [6.45, 7) is 4.55. The Morgan fingerprint density at radius 2 is 1.67 bits per heavy atom. The number of hydrogen-bond acceptors (Lipinski definition) is 7. The topological polar surface area (TPSA) is 141 Å². The van der Waals surface area contributed by atoms with Crippen molar-refractivity contribution in [3.63, 3.8) is 0 Å². The number of hydrogen-bond donors (Lipinski definition) is 3. The first-order chi connectivity index (χ1) is 18.8. The highest BCUT2D eigenvalue weighted by atomic mass is 32.1. The van der Waals surface area contributed by atoms with Gasteiger partial charge in [0.2, 0.25) is 5.91 Å². The van der Waals surface area contributed by atoms with E-state index in [0.29, 0.717) is 23.6 Å². The molecule has 0 fully saturated rings. The minimum Gasteiger partial charge on any atom is -0.494 e. The molecule has 1 heterocycles. The molecule has 0 saturated heterocycles. The maximum atomic E-state index is 14.1. The molecule has 0 aliphatic carbocycles. The van der Waals surface area contributed by atoms with Crippen LogP contribution in [0.1, 0.15) is 49.8 Å². The first kappa shape index (κ1) is 27.3. The van der Waals surface area contributed by atoms with Gasteiger partial charge in [0, 0.05) is 12.2 Å². The van der Waals surface area contributed by atoms with Crippen molar-refractivity contribution < 1.29 is 19.1 Å². The fourth-order valence-electron chi connectivity index (χ4n) is 4.04. The van der Waals surface area contributed by atoms with Gasteiger partial charge in [0.05, 0.1) is 12.3 Å². The zero-order valence-corrected chi connectivity index (χ0v) is 22.4. The lowest BCUT2D eigenvalue weighted by molar-refractivity contribution is -0.122. The zero-order valence-electron chi connectivity index (χ0n) is 21.6. The van der Waals surface area contributed by atoms with Gasteiger partial charge in [0.15, 0.2) is 5.69 Å². The number of benzene rings is 3. The summed E-state index contributed by atoms with van der Waals surface area (Å²) in [5.74, 6) is -1.20. The molecule has 10 heteroatoms. The Labute approximate surface area is 230 Å². The molecule has 0 aliphatic heterocycles. The molecular weight excluding hydrogens is 514 g/mol. The van der Waals surface area contributed by atoms with E-state index < -0.39 is 23.8 Å². The van der Waals surface area contributed by atoms with Crippen LogP contribution in [0, 0.1) is 6.92 Å². The Kier molecular flexibility index (Phi) is 8.57. The number of carbonyl (C=O) groups excluding carboxylic acids is 3. The smallest absolute Gasteiger partial charge is 0.273 e. The van der Waals surface area contributed by atoms with Crippen LogP contribution in [0.3, 0.4) is 0 Å². The van der Waals surface area contributed by atoms with Gasteiger partial charge in [-0.1, -0.05) is 60.2 Å². The number of anilines is 2. The van der Waals surface area contributed by atoms with E-state index >= 15 is 0 Å². The predicted octanol–water partition coefficient (Wildman–Crippen LogP) is 4.24. The third-order valence-electron chi connectivity index (χ3n) is 6.01. The second kappa shape index (κ2) is 12.2. The summed E-state index contributed by atoms with van der Waals surface area (Å²) in [7, 11) is 0. The molecule has 0 bridgehead atoms. The Morgan fingerprint density at radius 3 is 2.26 bits per heavy atom. The van der Waals surface area contributed by atoms with Crippen LogP contribution < -0.4 is 26.4 Å². The van der Waals surface area contributed by atoms with Crippen LogP contribution in [0.4, 0.5) is 11.4 Å². The first-order valence-corrected chi connectivity index (χ1v) is 13.1. The van der Waals surface area contributed by atoms with Crippen molar-refractivity contribution in [2.75, 3.05) is 17.2 Å². The number of nitrogens with zero attached hydrogens (tertiary/aromatic N) is 2. The molecule has 39 heavy (non-hydrogen) atoms. The molecule has 3 aromatic carbocycles. The number of carbonyl (C=O) groups is 3. The van der Waals surface area contributed by atoms with Crippen LogP contribution in [0.25, 0.3) is 0 Å². The monoisotopic (exact) mass is 543 g/mol. The number of aromatic nitrogens is 1. The Balaban J connectivity index is 1.82. The average molecular weight is 544 g/mol. The molecule has 1 unspecified atom stereocenters. The standard InChI is InChI=1S/C29H29N5O4S/c1-3-38-22-15-11-20(12-16-22)25(28(36)32-17-19-7-5-4-6-8-19)34(21-13-9-18(2)10-14-21)29(37)26-23(30)24(27(31)35)33-39-26/h4-16,25H,3,17,30H2,1-2H3,(H2,31,35)(H,32,36). The van der Waals surface area contributed by atoms with Gasteiger partial charge in [-0.15, -0.1) is 0 Å². The third-order valence-corrected chi connectivity index (χ3v) is 6.86. The number of primary amides is 1. The number of aryl methyl sites for hydroxylation is 1. The van der Waals surface area contributed by atoms with E-state index in [2.05, 4.69) is 9.69 Å². The molecule has 0 radical (unpaired) electrons. The zero-order chi connectivity index (χ0) is 27.9. The normalized spacial score (nSPS) is 11.4.